The van der Waals surface area contributed by atoms with Crippen LogP contribution in [0.25, 0.3) is 0 Å². The van der Waals surface area contributed by atoms with Crippen LogP contribution in [-0.4, -0.2) is 35.6 Å². The van der Waals surface area contributed by atoms with E-state index in [1.165, 1.54) is 6.92 Å². The third-order valence-electron chi connectivity index (χ3n) is 1.68. The Morgan fingerprint density at radius 2 is 2.09 bits per heavy atom. The smallest absolute Gasteiger partial charge is 0.332 e. The van der Waals surface area contributed by atoms with Gasteiger partial charge in [-0.3, -0.25) is 4.79 Å². The highest BCUT2D eigenvalue weighted by Crippen LogP contribution is 2.10. The fraction of sp³-hybridized carbons (Fsp3) is 0.667. The molecule has 0 aromatic rings. The fourth-order valence-electron chi connectivity index (χ4n) is 1.01. The minimum Gasteiger partial charge on any atom is -0.479 e. The van der Waals surface area contributed by atoms with E-state index in [9.17, 15) is 9.59 Å². The number of carbonyl (C=O) groups excluding carboxylic acids is 1. The van der Waals surface area contributed by atoms with Crippen molar-refractivity contribution in [2.45, 2.75) is 12.5 Å². The van der Waals surface area contributed by atoms with Crippen molar-refractivity contribution in [2.75, 3.05) is 13.1 Å². The summed E-state index contributed by atoms with van der Waals surface area (Å²) in [7, 11) is 0. The lowest BCUT2D eigenvalue weighted by Gasteiger charge is -2.38. The number of rotatable bonds is 2. The Morgan fingerprint density at radius 3 is 2.18 bits per heavy atom. The van der Waals surface area contributed by atoms with Gasteiger partial charge in [-0.2, -0.15) is 0 Å². The number of aliphatic carboxylic acids is 1. The largest absolute Gasteiger partial charge is 0.479 e. The Kier molecular flexibility index (Phi) is 1.82. The molecule has 1 saturated heterocycles. The van der Waals surface area contributed by atoms with Crippen molar-refractivity contribution >= 4 is 11.9 Å². The molecule has 11 heavy (non-hydrogen) atoms. The van der Waals surface area contributed by atoms with Crippen molar-refractivity contribution in [3.05, 3.63) is 0 Å². The van der Waals surface area contributed by atoms with Gasteiger partial charge in [0.15, 0.2) is 5.54 Å². The molecule has 0 unspecified atom stereocenters. The first-order valence-electron chi connectivity index (χ1n) is 3.30. The topological polar surface area (TPSA) is 78.4 Å². The normalized spacial score (nSPS) is 20.1. The van der Waals surface area contributed by atoms with Crippen molar-refractivity contribution in [1.29, 1.82) is 0 Å². The first-order valence-corrected chi connectivity index (χ1v) is 3.30. The van der Waals surface area contributed by atoms with Crippen molar-refractivity contribution in [3.63, 3.8) is 0 Å². The van der Waals surface area contributed by atoms with E-state index >= 15 is 0 Å². The van der Waals surface area contributed by atoms with Crippen LogP contribution in [-0.2, 0) is 9.59 Å². The zero-order valence-corrected chi connectivity index (χ0v) is 6.18. The second-order valence-corrected chi connectivity index (χ2v) is 2.67. The summed E-state index contributed by atoms with van der Waals surface area (Å²) < 4.78 is 0. The number of amides is 1. The molecule has 1 amide bonds. The van der Waals surface area contributed by atoms with E-state index in [0.29, 0.717) is 13.1 Å². The van der Waals surface area contributed by atoms with Gasteiger partial charge in [-0.15, -0.1) is 0 Å². The van der Waals surface area contributed by atoms with Crippen LogP contribution in [0, 0.1) is 0 Å². The highest BCUT2D eigenvalue weighted by molar-refractivity contribution is 5.87. The zero-order chi connectivity index (χ0) is 8.48. The van der Waals surface area contributed by atoms with E-state index in [2.05, 4.69) is 10.6 Å². The first-order chi connectivity index (χ1) is 5.07. The molecule has 62 valence electrons. The van der Waals surface area contributed by atoms with Crippen molar-refractivity contribution in [3.8, 4) is 0 Å². The van der Waals surface area contributed by atoms with Gasteiger partial charge in [0, 0.05) is 20.0 Å². The Hall–Kier alpha value is -1.10. The van der Waals surface area contributed by atoms with Crippen molar-refractivity contribution in [1.82, 2.24) is 10.6 Å². The van der Waals surface area contributed by atoms with E-state index in [0.717, 1.165) is 0 Å². The van der Waals surface area contributed by atoms with Crippen LogP contribution in [0.5, 0.6) is 0 Å². The molecule has 0 aromatic carbocycles. The summed E-state index contributed by atoms with van der Waals surface area (Å²) in [6, 6.07) is 0. The molecule has 0 saturated carbocycles. The Balaban J connectivity index is 2.61. The van der Waals surface area contributed by atoms with E-state index in [-0.39, 0.29) is 5.91 Å². The average Bonchev–Trinajstić information content (AvgIpc) is 1.77. The molecule has 0 aliphatic carbocycles. The molecule has 3 N–H and O–H groups in total. The van der Waals surface area contributed by atoms with Gasteiger partial charge in [-0.05, 0) is 0 Å². The monoisotopic (exact) mass is 158 g/mol. The number of nitrogens with one attached hydrogen (secondary N) is 2. The van der Waals surface area contributed by atoms with E-state index in [1.54, 1.807) is 0 Å². The molecule has 1 heterocycles. The lowest BCUT2D eigenvalue weighted by atomic mass is 9.93. The molecule has 5 heteroatoms. The Labute approximate surface area is 63.8 Å². The van der Waals surface area contributed by atoms with Gasteiger partial charge in [-0.1, -0.05) is 0 Å². The van der Waals surface area contributed by atoms with Crippen molar-refractivity contribution in [2.24, 2.45) is 0 Å². The lowest BCUT2D eigenvalue weighted by molar-refractivity contribution is -0.149. The van der Waals surface area contributed by atoms with Crippen molar-refractivity contribution < 1.29 is 14.7 Å². The van der Waals surface area contributed by atoms with Gasteiger partial charge in [0.05, 0.1) is 0 Å². The number of hydrogen-bond donors (Lipinski definition) is 3. The molecule has 0 atom stereocenters. The number of hydrogen-bond acceptors (Lipinski definition) is 3. The molecular formula is C6H10N2O3. The highest BCUT2D eigenvalue weighted by Gasteiger charge is 2.45. The second-order valence-electron chi connectivity index (χ2n) is 2.67. The molecular weight excluding hydrogens is 148 g/mol. The molecule has 1 fully saturated rings. The summed E-state index contributed by atoms with van der Waals surface area (Å²) in [5.74, 6) is -1.29. The Morgan fingerprint density at radius 1 is 1.55 bits per heavy atom. The summed E-state index contributed by atoms with van der Waals surface area (Å²) in [4.78, 5) is 21.1. The van der Waals surface area contributed by atoms with E-state index < -0.39 is 11.5 Å². The number of carbonyl (C=O) groups is 2. The second kappa shape index (κ2) is 2.50. The van der Waals surface area contributed by atoms with Gasteiger partial charge in [0.2, 0.25) is 5.91 Å². The molecule has 1 aliphatic heterocycles. The number of carboxylic acid groups (broad SMARTS) is 1. The maximum absolute atomic E-state index is 10.6. The third kappa shape index (κ3) is 1.32. The molecule has 5 nitrogen and oxygen atoms in total. The van der Waals surface area contributed by atoms with Gasteiger partial charge in [-0.25, -0.2) is 4.79 Å². The molecule has 0 radical (unpaired) electrons. The predicted octanol–water partition coefficient (Wildman–Crippen LogP) is -1.45. The lowest BCUT2D eigenvalue weighted by Crippen LogP contribution is -2.72. The SMILES string of the molecule is CC(=O)NC1(C(=O)O)CNC1. The highest BCUT2D eigenvalue weighted by atomic mass is 16.4. The van der Waals surface area contributed by atoms with Gasteiger partial charge in [0.25, 0.3) is 0 Å². The minimum absolute atomic E-state index is 0.307. The Bertz CT molecular complexity index is 198. The predicted molar refractivity (Wildman–Crippen MR) is 37.1 cm³/mol. The molecule has 0 aromatic heterocycles. The summed E-state index contributed by atoms with van der Waals surface area (Å²) in [5.41, 5.74) is -1.05. The zero-order valence-electron chi connectivity index (χ0n) is 6.18. The van der Waals surface area contributed by atoms with Gasteiger partial charge >= 0.3 is 5.97 Å². The van der Waals surface area contributed by atoms with Crippen LogP contribution < -0.4 is 10.6 Å². The standard InChI is InChI=1S/C6H10N2O3/c1-4(9)8-6(5(10)11)2-7-3-6/h7H,2-3H2,1H3,(H,8,9)(H,10,11). The van der Waals surface area contributed by atoms with Crippen LogP contribution in [0.15, 0.2) is 0 Å². The maximum atomic E-state index is 10.6. The van der Waals surface area contributed by atoms with Crippen LogP contribution in [0.3, 0.4) is 0 Å². The molecule has 1 aliphatic rings. The fourth-order valence-corrected chi connectivity index (χ4v) is 1.01. The third-order valence-corrected chi connectivity index (χ3v) is 1.68. The molecule has 0 bridgehead atoms. The van der Waals surface area contributed by atoms with Gasteiger partial charge < -0.3 is 15.7 Å². The minimum atomic E-state index is -1.05. The quantitative estimate of drug-likeness (QED) is 0.459. The van der Waals surface area contributed by atoms with Crippen LogP contribution in [0.1, 0.15) is 6.92 Å². The van der Waals surface area contributed by atoms with Gasteiger partial charge in [0.1, 0.15) is 0 Å². The average molecular weight is 158 g/mol. The summed E-state index contributed by atoms with van der Waals surface area (Å²) >= 11 is 0. The summed E-state index contributed by atoms with van der Waals surface area (Å²) in [6.07, 6.45) is 0. The number of carboxylic acids is 1. The summed E-state index contributed by atoms with van der Waals surface area (Å²) in [6.45, 7) is 1.92. The molecule has 0 spiro atoms. The van der Waals surface area contributed by atoms with Crippen LogP contribution >= 0.6 is 0 Å². The maximum Gasteiger partial charge on any atom is 0.332 e. The van der Waals surface area contributed by atoms with E-state index in [1.807, 2.05) is 0 Å². The van der Waals surface area contributed by atoms with Crippen LogP contribution in [0.2, 0.25) is 0 Å². The molecule has 1 rings (SSSR count). The van der Waals surface area contributed by atoms with Crippen LogP contribution in [0.4, 0.5) is 0 Å². The van der Waals surface area contributed by atoms with E-state index in [4.69, 9.17) is 5.11 Å². The summed E-state index contributed by atoms with van der Waals surface area (Å²) in [5, 5.41) is 13.9. The first kappa shape index (κ1) is 8.00.